The third-order valence-electron chi connectivity index (χ3n) is 3.05. The van der Waals surface area contributed by atoms with E-state index in [9.17, 15) is 0 Å². The molecule has 3 nitrogen and oxygen atoms in total. The molecule has 0 aliphatic carbocycles. The number of ether oxygens (including phenoxy) is 1. The van der Waals surface area contributed by atoms with Crippen LogP contribution in [0.5, 0.6) is 5.75 Å². The summed E-state index contributed by atoms with van der Waals surface area (Å²) in [5, 5.41) is 3.08. The molecule has 2 aromatic rings. The van der Waals surface area contributed by atoms with Gasteiger partial charge in [0.1, 0.15) is 18.2 Å². The molecule has 1 N–H and O–H groups in total. The van der Waals surface area contributed by atoms with Gasteiger partial charge in [0.25, 0.3) is 0 Å². The quantitative estimate of drug-likeness (QED) is 0.883. The summed E-state index contributed by atoms with van der Waals surface area (Å²) in [4.78, 5) is 4.28. The van der Waals surface area contributed by atoms with Gasteiger partial charge in [-0.15, -0.1) is 0 Å². The van der Waals surface area contributed by atoms with E-state index in [1.54, 1.807) is 6.20 Å². The molecule has 0 saturated carbocycles. The first-order valence-electron chi connectivity index (χ1n) is 6.55. The van der Waals surface area contributed by atoms with Crippen molar-refractivity contribution in [2.75, 3.05) is 12.4 Å². The van der Waals surface area contributed by atoms with Gasteiger partial charge in [-0.3, -0.25) is 0 Å². The molecule has 1 heterocycles. The molecule has 100 valence electrons. The normalized spacial score (nSPS) is 10.5. The molecular formula is C16H20N2O. The number of nitrogens with one attached hydrogen (secondary N) is 1. The Morgan fingerprint density at radius 2 is 1.95 bits per heavy atom. The van der Waals surface area contributed by atoms with Crippen molar-refractivity contribution in [2.24, 2.45) is 0 Å². The molecule has 0 radical (unpaired) electrons. The fourth-order valence-electron chi connectivity index (χ4n) is 2.02. The average molecular weight is 256 g/mol. The summed E-state index contributed by atoms with van der Waals surface area (Å²) < 4.78 is 5.95. The predicted octanol–water partition coefficient (Wildman–Crippen LogP) is 3.83. The van der Waals surface area contributed by atoms with Crippen LogP contribution in [-0.4, -0.2) is 12.0 Å². The number of hydrogen-bond acceptors (Lipinski definition) is 3. The summed E-state index contributed by atoms with van der Waals surface area (Å²) in [7, 11) is 1.87. The molecule has 1 aromatic carbocycles. The lowest BCUT2D eigenvalue weighted by Gasteiger charge is -2.14. The van der Waals surface area contributed by atoms with Crippen molar-refractivity contribution >= 4 is 5.82 Å². The molecule has 19 heavy (non-hydrogen) atoms. The van der Waals surface area contributed by atoms with Crippen molar-refractivity contribution in [1.29, 1.82) is 0 Å². The van der Waals surface area contributed by atoms with Crippen LogP contribution in [0, 0.1) is 0 Å². The highest BCUT2D eigenvalue weighted by Gasteiger charge is 2.08. The van der Waals surface area contributed by atoms with Crippen LogP contribution < -0.4 is 10.1 Å². The van der Waals surface area contributed by atoms with Crippen LogP contribution in [0.3, 0.4) is 0 Å². The van der Waals surface area contributed by atoms with Crippen molar-refractivity contribution in [3.8, 4) is 5.75 Å². The zero-order valence-corrected chi connectivity index (χ0v) is 11.7. The number of pyridine rings is 1. The standard InChI is InChI=1S/C16H20N2O/c1-12(2)14-8-4-5-9-15(14)19-11-13-7-6-10-18-16(13)17-3/h4-10,12H,11H2,1-3H3,(H,17,18). The highest BCUT2D eigenvalue weighted by Crippen LogP contribution is 2.27. The van der Waals surface area contributed by atoms with Gasteiger partial charge in [-0.2, -0.15) is 0 Å². The number of nitrogens with zero attached hydrogens (tertiary/aromatic N) is 1. The van der Waals surface area contributed by atoms with Crippen LogP contribution in [0.2, 0.25) is 0 Å². The van der Waals surface area contributed by atoms with Gasteiger partial charge < -0.3 is 10.1 Å². The van der Waals surface area contributed by atoms with Crippen LogP contribution in [-0.2, 0) is 6.61 Å². The van der Waals surface area contributed by atoms with Crippen molar-refractivity contribution in [1.82, 2.24) is 4.98 Å². The fourth-order valence-corrected chi connectivity index (χ4v) is 2.02. The van der Waals surface area contributed by atoms with Crippen LogP contribution in [0.25, 0.3) is 0 Å². The Hall–Kier alpha value is -2.03. The molecule has 0 bridgehead atoms. The highest BCUT2D eigenvalue weighted by atomic mass is 16.5. The summed E-state index contributed by atoms with van der Waals surface area (Å²) in [6.07, 6.45) is 1.78. The van der Waals surface area contributed by atoms with Crippen molar-refractivity contribution in [2.45, 2.75) is 26.4 Å². The average Bonchev–Trinajstić information content (AvgIpc) is 2.45. The Bertz CT molecular complexity index is 538. The minimum absolute atomic E-state index is 0.453. The van der Waals surface area contributed by atoms with E-state index in [4.69, 9.17) is 4.74 Å². The van der Waals surface area contributed by atoms with E-state index in [2.05, 4.69) is 30.2 Å². The molecule has 0 spiro atoms. The van der Waals surface area contributed by atoms with E-state index in [1.807, 2.05) is 37.4 Å². The summed E-state index contributed by atoms with van der Waals surface area (Å²) in [6, 6.07) is 12.1. The lowest BCUT2D eigenvalue weighted by molar-refractivity contribution is 0.302. The van der Waals surface area contributed by atoms with E-state index >= 15 is 0 Å². The number of benzene rings is 1. The number of aromatic nitrogens is 1. The lowest BCUT2D eigenvalue weighted by atomic mass is 10.0. The van der Waals surface area contributed by atoms with Gasteiger partial charge in [-0.1, -0.05) is 38.1 Å². The van der Waals surface area contributed by atoms with E-state index < -0.39 is 0 Å². The zero-order chi connectivity index (χ0) is 13.7. The predicted molar refractivity (Wildman–Crippen MR) is 78.6 cm³/mol. The number of anilines is 1. The summed E-state index contributed by atoms with van der Waals surface area (Å²) in [5.41, 5.74) is 2.29. The molecular weight excluding hydrogens is 236 g/mol. The fraction of sp³-hybridized carbons (Fsp3) is 0.312. The van der Waals surface area contributed by atoms with E-state index in [0.717, 1.165) is 17.1 Å². The minimum atomic E-state index is 0.453. The van der Waals surface area contributed by atoms with Gasteiger partial charge in [0, 0.05) is 18.8 Å². The molecule has 0 fully saturated rings. The Labute approximate surface area is 114 Å². The number of hydrogen-bond donors (Lipinski definition) is 1. The smallest absolute Gasteiger partial charge is 0.132 e. The third-order valence-corrected chi connectivity index (χ3v) is 3.05. The van der Waals surface area contributed by atoms with Gasteiger partial charge in [-0.25, -0.2) is 4.98 Å². The second-order valence-corrected chi connectivity index (χ2v) is 4.74. The van der Waals surface area contributed by atoms with Crippen molar-refractivity contribution < 1.29 is 4.74 Å². The van der Waals surface area contributed by atoms with Gasteiger partial charge in [0.2, 0.25) is 0 Å². The van der Waals surface area contributed by atoms with Crippen LogP contribution in [0.15, 0.2) is 42.6 Å². The Morgan fingerprint density at radius 1 is 1.16 bits per heavy atom. The van der Waals surface area contributed by atoms with Gasteiger partial charge in [0.05, 0.1) is 0 Å². The van der Waals surface area contributed by atoms with Gasteiger partial charge >= 0.3 is 0 Å². The molecule has 0 amide bonds. The highest BCUT2D eigenvalue weighted by molar-refractivity contribution is 5.43. The summed E-state index contributed by atoms with van der Waals surface area (Å²) in [6.45, 7) is 4.87. The minimum Gasteiger partial charge on any atom is -0.488 e. The van der Waals surface area contributed by atoms with Crippen LogP contribution in [0.1, 0.15) is 30.9 Å². The van der Waals surface area contributed by atoms with Crippen molar-refractivity contribution in [3.63, 3.8) is 0 Å². The summed E-state index contributed by atoms with van der Waals surface area (Å²) >= 11 is 0. The molecule has 2 rings (SSSR count). The third kappa shape index (κ3) is 3.25. The molecule has 0 unspecified atom stereocenters. The zero-order valence-electron chi connectivity index (χ0n) is 11.7. The van der Waals surface area contributed by atoms with E-state index in [1.165, 1.54) is 5.56 Å². The number of para-hydroxylation sites is 1. The second-order valence-electron chi connectivity index (χ2n) is 4.74. The first-order valence-corrected chi connectivity index (χ1v) is 6.55. The number of rotatable bonds is 5. The molecule has 1 aromatic heterocycles. The molecule has 0 atom stereocenters. The maximum absolute atomic E-state index is 5.95. The maximum atomic E-state index is 5.95. The van der Waals surface area contributed by atoms with Crippen molar-refractivity contribution in [3.05, 3.63) is 53.7 Å². The maximum Gasteiger partial charge on any atom is 0.132 e. The Morgan fingerprint density at radius 3 is 2.68 bits per heavy atom. The lowest BCUT2D eigenvalue weighted by Crippen LogP contribution is -2.04. The van der Waals surface area contributed by atoms with E-state index in [0.29, 0.717) is 12.5 Å². The Balaban J connectivity index is 2.15. The SMILES string of the molecule is CNc1ncccc1COc1ccccc1C(C)C. The Kier molecular flexibility index (Phi) is 4.39. The molecule has 0 aliphatic rings. The van der Waals surface area contributed by atoms with E-state index in [-0.39, 0.29) is 0 Å². The molecule has 3 heteroatoms. The first kappa shape index (κ1) is 13.4. The molecule has 0 saturated heterocycles. The monoisotopic (exact) mass is 256 g/mol. The largest absolute Gasteiger partial charge is 0.488 e. The van der Waals surface area contributed by atoms with Gasteiger partial charge in [-0.05, 0) is 23.6 Å². The van der Waals surface area contributed by atoms with Crippen LogP contribution >= 0.6 is 0 Å². The molecule has 0 aliphatic heterocycles. The topological polar surface area (TPSA) is 34.2 Å². The second kappa shape index (κ2) is 6.23. The summed E-state index contributed by atoms with van der Waals surface area (Å²) in [5.74, 6) is 2.27. The first-order chi connectivity index (χ1) is 9.22. The van der Waals surface area contributed by atoms with Crippen LogP contribution in [0.4, 0.5) is 5.82 Å². The van der Waals surface area contributed by atoms with Gasteiger partial charge in [0.15, 0.2) is 0 Å².